The third-order valence-corrected chi connectivity index (χ3v) is 5.09. The second kappa shape index (κ2) is 9.78. The maximum Gasteiger partial charge on any atom is 0.276 e. The number of carbonyl (C=O) groups is 2. The molecular weight excluding hydrogens is 410 g/mol. The third-order valence-electron chi connectivity index (χ3n) is 4.59. The van der Waals surface area contributed by atoms with Crippen LogP contribution in [-0.2, 0) is 11.2 Å². The van der Waals surface area contributed by atoms with Crippen molar-refractivity contribution in [3.8, 4) is 0 Å². The van der Waals surface area contributed by atoms with Crippen LogP contribution in [0.1, 0.15) is 54.1 Å². The van der Waals surface area contributed by atoms with Crippen molar-refractivity contribution in [3.05, 3.63) is 76.6 Å². The molecule has 0 saturated heterocycles. The molecule has 31 heavy (non-hydrogen) atoms. The second-order valence-electron chi connectivity index (χ2n) is 8.42. The van der Waals surface area contributed by atoms with E-state index in [-0.39, 0.29) is 17.5 Å². The molecule has 0 spiro atoms. The Labute approximate surface area is 186 Å². The van der Waals surface area contributed by atoms with Gasteiger partial charge in [0.25, 0.3) is 5.91 Å². The van der Waals surface area contributed by atoms with E-state index in [1.807, 2.05) is 52.0 Å². The average Bonchev–Trinajstić information content (AvgIpc) is 3.25. The van der Waals surface area contributed by atoms with Gasteiger partial charge in [0.2, 0.25) is 5.91 Å². The molecule has 0 aliphatic rings. The van der Waals surface area contributed by atoms with Crippen LogP contribution >= 0.6 is 11.5 Å². The molecule has 2 aromatic heterocycles. The van der Waals surface area contributed by atoms with Crippen molar-refractivity contribution in [2.45, 2.75) is 45.7 Å². The molecule has 1 atom stereocenters. The Bertz CT molecular complexity index is 1020. The molecule has 8 heteroatoms. The normalized spacial score (nSPS) is 12.3. The number of benzene rings is 1. The fourth-order valence-corrected chi connectivity index (χ4v) is 3.71. The summed E-state index contributed by atoms with van der Waals surface area (Å²) in [4.78, 5) is 32.7. The molecule has 3 aromatic rings. The van der Waals surface area contributed by atoms with Gasteiger partial charge in [-0.1, -0.05) is 40.4 Å². The smallest absolute Gasteiger partial charge is 0.276 e. The van der Waals surface area contributed by atoms with Gasteiger partial charge in [-0.15, -0.1) is 5.10 Å². The van der Waals surface area contributed by atoms with Crippen LogP contribution in [0.3, 0.4) is 0 Å². The second-order valence-corrected chi connectivity index (χ2v) is 9.03. The van der Waals surface area contributed by atoms with Crippen molar-refractivity contribution in [1.82, 2.24) is 24.8 Å². The number of hydrogen-bond acceptors (Lipinski definition) is 6. The molecule has 1 aromatic carbocycles. The van der Waals surface area contributed by atoms with Crippen molar-refractivity contribution in [2.75, 3.05) is 6.54 Å². The molecule has 0 aliphatic heterocycles. The molecule has 0 fully saturated rings. The lowest BCUT2D eigenvalue weighted by atomic mass is 10.0. The van der Waals surface area contributed by atoms with Gasteiger partial charge in [-0.05, 0) is 63.3 Å². The van der Waals surface area contributed by atoms with Gasteiger partial charge in [-0.25, -0.2) is 0 Å². The fourth-order valence-electron chi connectivity index (χ4n) is 3.28. The maximum atomic E-state index is 13.4. The molecule has 2 heterocycles. The molecule has 0 aliphatic carbocycles. The van der Waals surface area contributed by atoms with Gasteiger partial charge < -0.3 is 10.2 Å². The van der Waals surface area contributed by atoms with Crippen LogP contribution < -0.4 is 5.32 Å². The largest absolute Gasteiger partial charge is 0.349 e. The summed E-state index contributed by atoms with van der Waals surface area (Å²) in [6, 6.07) is 12.6. The minimum Gasteiger partial charge on any atom is -0.349 e. The van der Waals surface area contributed by atoms with Gasteiger partial charge in [0.1, 0.15) is 0 Å². The van der Waals surface area contributed by atoms with Crippen LogP contribution in [0, 0.1) is 6.92 Å². The monoisotopic (exact) mass is 437 g/mol. The molecule has 2 amide bonds. The van der Waals surface area contributed by atoms with E-state index in [2.05, 4.69) is 26.0 Å². The third kappa shape index (κ3) is 6.18. The first kappa shape index (κ1) is 22.6. The van der Waals surface area contributed by atoms with Crippen molar-refractivity contribution in [3.63, 3.8) is 0 Å². The summed E-state index contributed by atoms with van der Waals surface area (Å²) in [6.45, 7) is 8.08. The molecule has 0 radical (unpaired) electrons. The Kier molecular flexibility index (Phi) is 7.12. The number of pyridine rings is 1. The lowest BCUT2D eigenvalue weighted by molar-refractivity contribution is -0.127. The summed E-state index contributed by atoms with van der Waals surface area (Å²) in [6.07, 6.45) is 2.22. The van der Waals surface area contributed by atoms with Crippen molar-refractivity contribution in [2.24, 2.45) is 0 Å². The van der Waals surface area contributed by atoms with Gasteiger partial charge in [-0.2, -0.15) is 0 Å². The quantitative estimate of drug-likeness (QED) is 0.610. The summed E-state index contributed by atoms with van der Waals surface area (Å²) in [7, 11) is 0. The number of amides is 2. The van der Waals surface area contributed by atoms with E-state index in [0.717, 1.165) is 22.7 Å². The van der Waals surface area contributed by atoms with Gasteiger partial charge >= 0.3 is 0 Å². The summed E-state index contributed by atoms with van der Waals surface area (Å²) in [5, 5.41) is 8.54. The van der Waals surface area contributed by atoms with E-state index >= 15 is 0 Å². The topological polar surface area (TPSA) is 88.1 Å². The zero-order valence-electron chi connectivity index (χ0n) is 18.2. The lowest BCUT2D eigenvalue weighted by Crippen LogP contribution is -2.50. The van der Waals surface area contributed by atoms with Crippen molar-refractivity contribution >= 4 is 23.3 Å². The van der Waals surface area contributed by atoms with E-state index in [9.17, 15) is 9.59 Å². The van der Waals surface area contributed by atoms with Gasteiger partial charge in [0, 0.05) is 23.7 Å². The number of nitrogens with one attached hydrogen (secondary N) is 1. The minimum absolute atomic E-state index is 0.221. The standard InChI is InChI=1S/C23H27N5O2S/c1-16-8-7-9-17(14-16)11-13-28(22(30)19-15-31-27-26-19)20(18-10-5-6-12-24-18)21(29)25-23(2,3)4/h5-10,12,14-15,20H,11,13H2,1-4H3,(H,25,29). The zero-order valence-corrected chi connectivity index (χ0v) is 19.0. The number of carbonyl (C=O) groups excluding carboxylic acids is 2. The van der Waals surface area contributed by atoms with Crippen molar-refractivity contribution in [1.29, 1.82) is 0 Å². The highest BCUT2D eigenvalue weighted by atomic mass is 32.1. The Morgan fingerprint density at radius 1 is 1.16 bits per heavy atom. The van der Waals surface area contributed by atoms with Crippen LogP contribution in [0.2, 0.25) is 0 Å². The average molecular weight is 438 g/mol. The summed E-state index contributed by atoms with van der Waals surface area (Å²) < 4.78 is 3.82. The highest BCUT2D eigenvalue weighted by molar-refractivity contribution is 7.03. The van der Waals surface area contributed by atoms with E-state index in [0.29, 0.717) is 18.7 Å². The number of rotatable bonds is 7. The Hall–Kier alpha value is -3.13. The molecule has 1 N–H and O–H groups in total. The number of nitrogens with zero attached hydrogens (tertiary/aromatic N) is 4. The summed E-state index contributed by atoms with van der Waals surface area (Å²) in [5.41, 5.74) is 2.50. The molecule has 162 valence electrons. The molecule has 7 nitrogen and oxygen atoms in total. The van der Waals surface area contributed by atoms with E-state index in [1.54, 1.807) is 28.6 Å². The Morgan fingerprint density at radius 3 is 2.58 bits per heavy atom. The predicted molar refractivity (Wildman–Crippen MR) is 121 cm³/mol. The fraction of sp³-hybridized carbons (Fsp3) is 0.348. The first-order valence-electron chi connectivity index (χ1n) is 10.1. The van der Waals surface area contributed by atoms with Crippen LogP contribution in [0.15, 0.2) is 54.0 Å². The summed E-state index contributed by atoms with van der Waals surface area (Å²) in [5.74, 6) is -0.631. The Morgan fingerprint density at radius 2 is 1.97 bits per heavy atom. The lowest BCUT2D eigenvalue weighted by Gasteiger charge is -2.32. The van der Waals surface area contributed by atoms with E-state index in [4.69, 9.17) is 0 Å². The van der Waals surface area contributed by atoms with Gasteiger partial charge in [0.15, 0.2) is 11.7 Å². The number of aromatic nitrogens is 3. The van der Waals surface area contributed by atoms with E-state index < -0.39 is 11.6 Å². The molecule has 0 saturated carbocycles. The Balaban J connectivity index is 1.99. The SMILES string of the molecule is Cc1cccc(CCN(C(=O)c2csnn2)C(C(=O)NC(C)(C)C)c2ccccn2)c1. The zero-order chi connectivity index (χ0) is 22.4. The van der Waals surface area contributed by atoms with Crippen LogP contribution in [0.25, 0.3) is 0 Å². The van der Waals surface area contributed by atoms with E-state index in [1.165, 1.54) is 0 Å². The molecule has 3 rings (SSSR count). The first-order valence-corrected chi connectivity index (χ1v) is 10.9. The highest BCUT2D eigenvalue weighted by Gasteiger charge is 2.35. The van der Waals surface area contributed by atoms with Crippen LogP contribution in [0.5, 0.6) is 0 Å². The molecule has 1 unspecified atom stereocenters. The maximum absolute atomic E-state index is 13.4. The first-order chi connectivity index (χ1) is 14.7. The van der Waals surface area contributed by atoms with Crippen molar-refractivity contribution < 1.29 is 9.59 Å². The van der Waals surface area contributed by atoms with Gasteiger partial charge in [0.05, 0.1) is 5.69 Å². The molecular formula is C23H27N5O2S. The number of hydrogen-bond donors (Lipinski definition) is 1. The van der Waals surface area contributed by atoms with Crippen LogP contribution in [0.4, 0.5) is 0 Å². The summed E-state index contributed by atoms with van der Waals surface area (Å²) >= 11 is 1.10. The highest BCUT2D eigenvalue weighted by Crippen LogP contribution is 2.23. The van der Waals surface area contributed by atoms with Gasteiger partial charge in [-0.3, -0.25) is 14.6 Å². The van der Waals surface area contributed by atoms with Crippen LogP contribution in [-0.4, -0.2) is 43.4 Å². The predicted octanol–water partition coefficient (Wildman–Crippen LogP) is 3.58. The molecule has 0 bridgehead atoms. The number of aryl methyl sites for hydroxylation is 1. The minimum atomic E-state index is -0.889.